The fourth-order valence-electron chi connectivity index (χ4n) is 1.02. The number of carbonyl (C=O) groups is 1. The van der Waals surface area contributed by atoms with E-state index < -0.39 is 6.04 Å². The first-order valence-corrected chi connectivity index (χ1v) is 7.10. The summed E-state index contributed by atoms with van der Waals surface area (Å²) >= 11 is 1.67. The van der Waals surface area contributed by atoms with Crippen LogP contribution in [0.3, 0.4) is 0 Å². The third-order valence-corrected chi connectivity index (χ3v) is 2.69. The van der Waals surface area contributed by atoms with Crippen molar-refractivity contribution >= 4 is 17.7 Å². The molecular weight excluding hydrogens is 226 g/mol. The number of ether oxygens (including phenoxy) is 2. The summed E-state index contributed by atoms with van der Waals surface area (Å²) in [4.78, 5) is 11.3. The van der Waals surface area contributed by atoms with E-state index in [1.165, 1.54) is 0 Å². The molecule has 2 N–H and O–H groups in total. The number of hydrogen-bond acceptors (Lipinski definition) is 5. The van der Waals surface area contributed by atoms with Gasteiger partial charge >= 0.3 is 5.97 Å². The first kappa shape index (κ1) is 15.7. The Morgan fingerprint density at radius 3 is 2.75 bits per heavy atom. The van der Waals surface area contributed by atoms with Crippen LogP contribution in [-0.2, 0) is 14.3 Å². The van der Waals surface area contributed by atoms with Gasteiger partial charge in [-0.05, 0) is 24.9 Å². The van der Waals surface area contributed by atoms with Crippen molar-refractivity contribution in [2.24, 2.45) is 5.73 Å². The molecule has 0 amide bonds. The molecule has 0 saturated heterocycles. The van der Waals surface area contributed by atoms with Crippen LogP contribution in [0, 0.1) is 0 Å². The molecule has 0 rings (SSSR count). The monoisotopic (exact) mass is 249 g/mol. The largest absolute Gasteiger partial charge is 0.462 e. The molecule has 96 valence electrons. The summed E-state index contributed by atoms with van der Waals surface area (Å²) in [7, 11) is 0. The van der Waals surface area contributed by atoms with Gasteiger partial charge in [0.2, 0.25) is 0 Å². The minimum atomic E-state index is -0.497. The van der Waals surface area contributed by atoms with Crippen LogP contribution in [-0.4, -0.2) is 43.8 Å². The first-order valence-electron chi connectivity index (χ1n) is 5.71. The standard InChI is InChI=1S/C11H23NO3S/c1-3-4-6-14-7-8-15-11(13)10(12)5-9-16-2/h10H,3-9,12H2,1-2H3. The Morgan fingerprint density at radius 2 is 2.12 bits per heavy atom. The highest BCUT2D eigenvalue weighted by Crippen LogP contribution is 2.00. The van der Waals surface area contributed by atoms with E-state index in [1.807, 2.05) is 6.26 Å². The quantitative estimate of drug-likeness (QED) is 0.469. The van der Waals surface area contributed by atoms with Gasteiger partial charge in [-0.2, -0.15) is 11.8 Å². The van der Waals surface area contributed by atoms with E-state index in [-0.39, 0.29) is 5.97 Å². The van der Waals surface area contributed by atoms with Crippen molar-refractivity contribution in [1.29, 1.82) is 0 Å². The van der Waals surface area contributed by atoms with Crippen molar-refractivity contribution in [3.05, 3.63) is 0 Å². The summed E-state index contributed by atoms with van der Waals surface area (Å²) in [5.74, 6) is 0.552. The Bertz CT molecular complexity index is 179. The number of rotatable bonds is 10. The van der Waals surface area contributed by atoms with Crippen LogP contribution in [0.1, 0.15) is 26.2 Å². The van der Waals surface area contributed by atoms with E-state index in [1.54, 1.807) is 11.8 Å². The Balaban J connectivity index is 3.35. The van der Waals surface area contributed by atoms with Gasteiger partial charge in [-0.3, -0.25) is 4.79 Å². The number of hydrogen-bond donors (Lipinski definition) is 1. The van der Waals surface area contributed by atoms with Crippen molar-refractivity contribution in [2.75, 3.05) is 31.8 Å². The maximum atomic E-state index is 11.3. The Kier molecular flexibility index (Phi) is 11.0. The van der Waals surface area contributed by atoms with E-state index in [2.05, 4.69) is 6.92 Å². The summed E-state index contributed by atoms with van der Waals surface area (Å²) in [6.07, 6.45) is 4.80. The van der Waals surface area contributed by atoms with E-state index in [0.717, 1.165) is 25.2 Å². The molecule has 0 heterocycles. The lowest BCUT2D eigenvalue weighted by Crippen LogP contribution is -2.33. The normalized spacial score (nSPS) is 12.4. The van der Waals surface area contributed by atoms with Crippen molar-refractivity contribution < 1.29 is 14.3 Å². The molecule has 0 radical (unpaired) electrons. The summed E-state index contributed by atoms with van der Waals surface area (Å²) in [5.41, 5.74) is 5.64. The fraction of sp³-hybridized carbons (Fsp3) is 0.909. The third-order valence-electron chi connectivity index (χ3n) is 2.05. The Hall–Kier alpha value is -0.260. The highest BCUT2D eigenvalue weighted by molar-refractivity contribution is 7.98. The minimum Gasteiger partial charge on any atom is -0.462 e. The molecule has 5 heteroatoms. The highest BCUT2D eigenvalue weighted by Gasteiger charge is 2.13. The molecule has 0 saturated carbocycles. The molecule has 4 nitrogen and oxygen atoms in total. The van der Waals surface area contributed by atoms with Gasteiger partial charge in [0.15, 0.2) is 0 Å². The van der Waals surface area contributed by atoms with E-state index in [0.29, 0.717) is 19.6 Å². The number of unbranched alkanes of at least 4 members (excludes halogenated alkanes) is 1. The number of esters is 1. The Labute approximate surface area is 102 Å². The zero-order valence-corrected chi connectivity index (χ0v) is 11.1. The summed E-state index contributed by atoms with van der Waals surface area (Å²) in [5, 5.41) is 0. The van der Waals surface area contributed by atoms with Gasteiger partial charge in [0.05, 0.1) is 6.61 Å². The van der Waals surface area contributed by atoms with Crippen LogP contribution in [0.4, 0.5) is 0 Å². The maximum Gasteiger partial charge on any atom is 0.323 e. The van der Waals surface area contributed by atoms with Crippen LogP contribution in [0.2, 0.25) is 0 Å². The van der Waals surface area contributed by atoms with Gasteiger partial charge in [0.25, 0.3) is 0 Å². The predicted octanol–water partition coefficient (Wildman–Crippen LogP) is 1.43. The van der Waals surface area contributed by atoms with E-state index in [9.17, 15) is 4.79 Å². The second-order valence-corrected chi connectivity index (χ2v) is 4.51. The molecule has 0 aromatic rings. The highest BCUT2D eigenvalue weighted by atomic mass is 32.2. The SMILES string of the molecule is CCCCOCCOC(=O)C(N)CCSC. The molecule has 16 heavy (non-hydrogen) atoms. The molecule has 0 aromatic carbocycles. The molecule has 0 bridgehead atoms. The molecule has 0 aliphatic heterocycles. The van der Waals surface area contributed by atoms with Crippen LogP contribution >= 0.6 is 11.8 Å². The minimum absolute atomic E-state index is 0.301. The van der Waals surface area contributed by atoms with Gasteiger partial charge in [0, 0.05) is 6.61 Å². The molecular formula is C11H23NO3S. The molecule has 1 atom stereocenters. The zero-order valence-electron chi connectivity index (χ0n) is 10.2. The lowest BCUT2D eigenvalue weighted by Gasteiger charge is -2.10. The molecule has 0 fully saturated rings. The smallest absolute Gasteiger partial charge is 0.323 e. The second-order valence-electron chi connectivity index (χ2n) is 3.52. The zero-order chi connectivity index (χ0) is 12.2. The van der Waals surface area contributed by atoms with Crippen LogP contribution < -0.4 is 5.73 Å². The van der Waals surface area contributed by atoms with Gasteiger partial charge in [-0.1, -0.05) is 13.3 Å². The number of thioether (sulfide) groups is 1. The van der Waals surface area contributed by atoms with Crippen LogP contribution in [0.15, 0.2) is 0 Å². The average molecular weight is 249 g/mol. The summed E-state index contributed by atoms with van der Waals surface area (Å²) in [6.45, 7) is 3.59. The topological polar surface area (TPSA) is 61.5 Å². The van der Waals surface area contributed by atoms with Crippen molar-refractivity contribution in [2.45, 2.75) is 32.2 Å². The first-order chi connectivity index (χ1) is 7.72. The molecule has 0 spiro atoms. The van der Waals surface area contributed by atoms with Crippen molar-refractivity contribution in [3.8, 4) is 0 Å². The Morgan fingerprint density at radius 1 is 1.38 bits per heavy atom. The lowest BCUT2D eigenvalue weighted by atomic mass is 10.2. The van der Waals surface area contributed by atoms with Gasteiger partial charge in [-0.25, -0.2) is 0 Å². The van der Waals surface area contributed by atoms with Gasteiger partial charge < -0.3 is 15.2 Å². The van der Waals surface area contributed by atoms with Crippen LogP contribution in [0.25, 0.3) is 0 Å². The van der Waals surface area contributed by atoms with Gasteiger partial charge in [0.1, 0.15) is 12.6 Å². The third kappa shape index (κ3) is 9.00. The lowest BCUT2D eigenvalue weighted by molar-refractivity contribution is -0.146. The molecule has 0 aromatic heterocycles. The second kappa shape index (κ2) is 11.2. The van der Waals surface area contributed by atoms with E-state index >= 15 is 0 Å². The maximum absolute atomic E-state index is 11.3. The van der Waals surface area contributed by atoms with Crippen LogP contribution in [0.5, 0.6) is 0 Å². The number of nitrogens with two attached hydrogens (primary N) is 1. The predicted molar refractivity (Wildman–Crippen MR) is 67.7 cm³/mol. The van der Waals surface area contributed by atoms with E-state index in [4.69, 9.17) is 15.2 Å². The molecule has 1 unspecified atom stereocenters. The molecule has 0 aliphatic carbocycles. The van der Waals surface area contributed by atoms with Crippen molar-refractivity contribution in [3.63, 3.8) is 0 Å². The van der Waals surface area contributed by atoms with Gasteiger partial charge in [-0.15, -0.1) is 0 Å². The average Bonchev–Trinajstić information content (AvgIpc) is 2.30. The number of carbonyl (C=O) groups excluding carboxylic acids is 1. The summed E-state index contributed by atoms with van der Waals surface area (Å²) in [6, 6.07) is -0.497. The molecule has 0 aliphatic rings. The van der Waals surface area contributed by atoms with Crippen molar-refractivity contribution in [1.82, 2.24) is 0 Å². The summed E-state index contributed by atoms with van der Waals surface area (Å²) < 4.78 is 10.2. The fourth-order valence-corrected chi connectivity index (χ4v) is 1.51.